The number of aliphatic imine (C=N–C) groups is 1. The van der Waals surface area contributed by atoms with E-state index in [1.54, 1.807) is 0 Å². The molecular formula is C27H25N2O. The SMILES string of the molecule is CC1(C)N=C(c2ccc(-c3c4ccccc4cc4ccccc34)cc2)N([O])C1(C)C. The minimum Gasteiger partial charge on any atom is -0.257 e. The monoisotopic (exact) mass is 393 g/mol. The van der Waals surface area contributed by atoms with Crippen LogP contribution in [0, 0.1) is 0 Å². The molecule has 149 valence electrons. The third kappa shape index (κ3) is 2.66. The Bertz CT molecular complexity index is 1250. The summed E-state index contributed by atoms with van der Waals surface area (Å²) in [5, 5.41) is 18.9. The molecular weight excluding hydrogens is 368 g/mol. The van der Waals surface area contributed by atoms with Crippen LogP contribution in [0.4, 0.5) is 0 Å². The maximum atomic E-state index is 12.9. The molecule has 0 fully saturated rings. The van der Waals surface area contributed by atoms with E-state index in [2.05, 4.69) is 66.7 Å². The molecule has 5 rings (SSSR count). The number of fused-ring (bicyclic) bond motifs is 2. The van der Waals surface area contributed by atoms with Gasteiger partial charge in [-0.25, -0.2) is 0 Å². The number of benzene rings is 4. The smallest absolute Gasteiger partial charge is 0.159 e. The van der Waals surface area contributed by atoms with Gasteiger partial charge in [0.1, 0.15) is 0 Å². The van der Waals surface area contributed by atoms with Crippen molar-refractivity contribution in [3.63, 3.8) is 0 Å². The first-order valence-corrected chi connectivity index (χ1v) is 10.4. The van der Waals surface area contributed by atoms with E-state index in [0.29, 0.717) is 5.84 Å². The van der Waals surface area contributed by atoms with Gasteiger partial charge in [-0.3, -0.25) is 4.99 Å². The van der Waals surface area contributed by atoms with Crippen LogP contribution in [-0.4, -0.2) is 22.0 Å². The molecule has 1 heterocycles. The van der Waals surface area contributed by atoms with Gasteiger partial charge < -0.3 is 0 Å². The minimum atomic E-state index is -0.577. The van der Waals surface area contributed by atoms with E-state index < -0.39 is 11.1 Å². The zero-order valence-corrected chi connectivity index (χ0v) is 17.8. The van der Waals surface area contributed by atoms with Crippen LogP contribution in [0.15, 0.2) is 83.9 Å². The maximum absolute atomic E-state index is 12.9. The van der Waals surface area contributed by atoms with E-state index in [0.717, 1.165) is 16.2 Å². The van der Waals surface area contributed by atoms with Gasteiger partial charge in [-0.15, -0.1) is 0 Å². The van der Waals surface area contributed by atoms with Gasteiger partial charge in [-0.1, -0.05) is 78.0 Å². The van der Waals surface area contributed by atoms with Crippen molar-refractivity contribution in [2.75, 3.05) is 0 Å². The Kier molecular flexibility index (Phi) is 4.03. The molecule has 1 radical (unpaired) electrons. The molecule has 0 amide bonds. The van der Waals surface area contributed by atoms with E-state index in [1.807, 2.05) is 39.8 Å². The highest BCUT2D eigenvalue weighted by Crippen LogP contribution is 2.39. The minimum absolute atomic E-state index is 0.436. The number of nitrogens with zero attached hydrogens (tertiary/aromatic N) is 2. The fourth-order valence-corrected chi connectivity index (χ4v) is 4.25. The van der Waals surface area contributed by atoms with Crippen molar-refractivity contribution in [3.8, 4) is 11.1 Å². The molecule has 0 saturated carbocycles. The van der Waals surface area contributed by atoms with Gasteiger partial charge in [0, 0.05) is 5.56 Å². The Morgan fingerprint density at radius 2 is 1.20 bits per heavy atom. The van der Waals surface area contributed by atoms with Gasteiger partial charge in [0.25, 0.3) is 0 Å². The number of rotatable bonds is 2. The van der Waals surface area contributed by atoms with Crippen LogP contribution in [-0.2, 0) is 5.21 Å². The second kappa shape index (κ2) is 6.41. The summed E-state index contributed by atoms with van der Waals surface area (Å²) in [7, 11) is 0. The molecule has 0 aliphatic carbocycles. The molecule has 0 N–H and O–H groups in total. The first-order chi connectivity index (χ1) is 14.3. The Balaban J connectivity index is 1.66. The largest absolute Gasteiger partial charge is 0.257 e. The van der Waals surface area contributed by atoms with Crippen molar-refractivity contribution in [1.82, 2.24) is 5.06 Å². The Labute approximate surface area is 177 Å². The van der Waals surface area contributed by atoms with Crippen LogP contribution in [0.5, 0.6) is 0 Å². The third-order valence-corrected chi connectivity index (χ3v) is 6.79. The Morgan fingerprint density at radius 1 is 0.700 bits per heavy atom. The molecule has 1 aliphatic rings. The van der Waals surface area contributed by atoms with E-state index in [4.69, 9.17) is 4.99 Å². The molecule has 30 heavy (non-hydrogen) atoms. The van der Waals surface area contributed by atoms with Crippen LogP contribution in [0.25, 0.3) is 32.7 Å². The lowest BCUT2D eigenvalue weighted by Gasteiger charge is -2.35. The molecule has 0 saturated heterocycles. The standard InChI is InChI=1S/C27H25N2O/c1-26(2)27(3,4)29(30)25(28-26)19-15-13-18(14-16-19)24-22-11-7-5-9-20(22)17-21-10-6-8-12-23(21)24/h5-17H,1-4H3. The second-order valence-corrected chi connectivity index (χ2v) is 9.12. The summed E-state index contributed by atoms with van der Waals surface area (Å²) >= 11 is 0. The zero-order chi connectivity index (χ0) is 21.1. The van der Waals surface area contributed by atoms with Crippen LogP contribution in [0.3, 0.4) is 0 Å². The summed E-state index contributed by atoms with van der Waals surface area (Å²) in [6.07, 6.45) is 0. The molecule has 4 aromatic rings. The fourth-order valence-electron chi connectivity index (χ4n) is 4.25. The molecule has 0 atom stereocenters. The number of amidine groups is 1. The molecule has 0 aromatic heterocycles. The van der Waals surface area contributed by atoms with Crippen LogP contribution < -0.4 is 0 Å². The summed E-state index contributed by atoms with van der Waals surface area (Å²) in [6, 6.07) is 27.5. The predicted octanol–water partition coefficient (Wildman–Crippen LogP) is 6.62. The molecule has 0 spiro atoms. The summed E-state index contributed by atoms with van der Waals surface area (Å²) in [6.45, 7) is 7.93. The third-order valence-electron chi connectivity index (χ3n) is 6.79. The first-order valence-electron chi connectivity index (χ1n) is 10.4. The molecule has 4 aromatic carbocycles. The Hall–Kier alpha value is -3.17. The van der Waals surface area contributed by atoms with Crippen molar-refractivity contribution in [2.45, 2.75) is 38.8 Å². The average molecular weight is 394 g/mol. The van der Waals surface area contributed by atoms with E-state index >= 15 is 0 Å². The van der Waals surface area contributed by atoms with E-state index in [9.17, 15) is 5.21 Å². The van der Waals surface area contributed by atoms with Crippen molar-refractivity contribution in [3.05, 3.63) is 84.4 Å². The molecule has 1 aliphatic heterocycles. The highest BCUT2D eigenvalue weighted by molar-refractivity contribution is 6.12. The highest BCUT2D eigenvalue weighted by Gasteiger charge is 2.50. The second-order valence-electron chi connectivity index (χ2n) is 9.12. The maximum Gasteiger partial charge on any atom is 0.159 e. The molecule has 0 bridgehead atoms. The van der Waals surface area contributed by atoms with Crippen molar-refractivity contribution < 1.29 is 5.21 Å². The molecule has 3 heteroatoms. The normalized spacial score (nSPS) is 17.5. The lowest BCUT2D eigenvalue weighted by molar-refractivity contribution is -0.158. The highest BCUT2D eigenvalue weighted by atomic mass is 16.5. The van der Waals surface area contributed by atoms with Crippen molar-refractivity contribution >= 4 is 27.4 Å². The topological polar surface area (TPSA) is 35.5 Å². The van der Waals surface area contributed by atoms with Crippen LogP contribution >= 0.6 is 0 Å². The van der Waals surface area contributed by atoms with E-state index in [-0.39, 0.29) is 0 Å². The first kappa shape index (κ1) is 18.8. The van der Waals surface area contributed by atoms with Crippen LogP contribution in [0.1, 0.15) is 33.3 Å². The predicted molar refractivity (Wildman–Crippen MR) is 124 cm³/mol. The van der Waals surface area contributed by atoms with Crippen LogP contribution in [0.2, 0.25) is 0 Å². The van der Waals surface area contributed by atoms with Crippen molar-refractivity contribution in [2.24, 2.45) is 4.99 Å². The summed E-state index contributed by atoms with van der Waals surface area (Å²) in [5.74, 6) is 0.513. The summed E-state index contributed by atoms with van der Waals surface area (Å²) in [4.78, 5) is 4.76. The van der Waals surface area contributed by atoms with Gasteiger partial charge >= 0.3 is 0 Å². The fraction of sp³-hybridized carbons (Fsp3) is 0.222. The number of hydroxylamine groups is 2. The molecule has 0 unspecified atom stereocenters. The molecule has 3 nitrogen and oxygen atoms in total. The summed E-state index contributed by atoms with van der Waals surface area (Å²) < 4.78 is 0. The van der Waals surface area contributed by atoms with Gasteiger partial charge in [-0.05, 0) is 66.4 Å². The van der Waals surface area contributed by atoms with Gasteiger partial charge in [0.2, 0.25) is 0 Å². The number of hydrogen-bond acceptors (Lipinski definition) is 2. The Morgan fingerprint density at radius 3 is 1.70 bits per heavy atom. The van der Waals surface area contributed by atoms with Gasteiger partial charge in [0.15, 0.2) is 5.84 Å². The zero-order valence-electron chi connectivity index (χ0n) is 17.8. The number of hydrogen-bond donors (Lipinski definition) is 0. The average Bonchev–Trinajstić information content (AvgIpc) is 2.91. The van der Waals surface area contributed by atoms with Gasteiger partial charge in [0.05, 0.1) is 11.1 Å². The van der Waals surface area contributed by atoms with Crippen molar-refractivity contribution in [1.29, 1.82) is 0 Å². The van der Waals surface area contributed by atoms with E-state index in [1.165, 1.54) is 27.1 Å². The lowest BCUT2D eigenvalue weighted by Crippen LogP contribution is -2.50. The van der Waals surface area contributed by atoms with Gasteiger partial charge in [-0.2, -0.15) is 5.06 Å². The lowest BCUT2D eigenvalue weighted by atomic mass is 9.84. The summed E-state index contributed by atoms with van der Waals surface area (Å²) in [5.41, 5.74) is 2.21. The quantitative estimate of drug-likeness (QED) is 0.352.